The van der Waals surface area contributed by atoms with Gasteiger partial charge in [-0.05, 0) is 70.8 Å². The third kappa shape index (κ3) is 6.86. The molecule has 7 aromatic rings. The second-order valence-corrected chi connectivity index (χ2v) is 12.0. The predicted octanol–water partition coefficient (Wildman–Crippen LogP) is 5.08. The first kappa shape index (κ1) is 35.4. The molecule has 0 atom stereocenters. The average Bonchev–Trinajstić information content (AvgIpc) is 3.94. The predicted molar refractivity (Wildman–Crippen MR) is 200 cm³/mol. The van der Waals surface area contributed by atoms with E-state index in [1.165, 1.54) is 0 Å². The van der Waals surface area contributed by atoms with E-state index in [0.29, 0.717) is 0 Å². The molecule has 0 saturated heterocycles. The molecule has 2 N–H and O–H groups in total. The summed E-state index contributed by atoms with van der Waals surface area (Å²) in [5.41, 5.74) is 16.3. The number of H-pyrrole nitrogens is 2. The molecule has 0 aliphatic carbocycles. The molecule has 0 radical (unpaired) electrons. The van der Waals surface area contributed by atoms with Crippen LogP contribution >= 0.6 is 0 Å². The van der Waals surface area contributed by atoms with Gasteiger partial charge in [-0.2, -0.15) is 0 Å². The van der Waals surface area contributed by atoms with Crippen molar-refractivity contribution in [3.05, 3.63) is 180 Å². The summed E-state index contributed by atoms with van der Waals surface area (Å²) in [6.07, 6.45) is 6.35. The van der Waals surface area contributed by atoms with Crippen LogP contribution in [0.5, 0.6) is 0 Å². The van der Waals surface area contributed by atoms with E-state index >= 15 is 0 Å². The number of hydrogen-bond acceptors (Lipinski definition) is 2. The minimum atomic E-state index is 0. The minimum Gasteiger partial charge on any atom is -1.00 e. The number of halogens is 2. The van der Waals surface area contributed by atoms with Crippen LogP contribution in [0.3, 0.4) is 0 Å². The molecule has 0 fully saturated rings. The zero-order valence-corrected chi connectivity index (χ0v) is 29.8. The van der Waals surface area contributed by atoms with Gasteiger partial charge >= 0.3 is 17.1 Å². The fraction of sp³-hybridized carbons (Fsp3) is 0. The molecule has 0 saturated carbocycles. The molecule has 0 spiro atoms. The van der Waals surface area contributed by atoms with Crippen LogP contribution in [0.15, 0.2) is 152 Å². The van der Waals surface area contributed by atoms with Gasteiger partial charge in [-0.15, -0.1) is 0 Å². The number of fused-ring (bicyclic) bond motifs is 8. The van der Waals surface area contributed by atoms with Gasteiger partial charge < -0.3 is 34.8 Å². The van der Waals surface area contributed by atoms with Gasteiger partial charge in [0.2, 0.25) is 0 Å². The van der Waals surface area contributed by atoms with Gasteiger partial charge in [-0.3, -0.25) is 0 Å². The Bertz CT molecular complexity index is 2540. The quantitative estimate of drug-likeness (QED) is 0.248. The summed E-state index contributed by atoms with van der Waals surface area (Å²) in [5, 5.41) is 0. The van der Waals surface area contributed by atoms with E-state index in [4.69, 9.17) is 9.97 Å². The van der Waals surface area contributed by atoms with Crippen molar-refractivity contribution in [2.45, 2.75) is 0 Å². The largest absolute Gasteiger partial charge is 2.00 e. The molecule has 3 aromatic heterocycles. The Labute approximate surface area is 319 Å². The summed E-state index contributed by atoms with van der Waals surface area (Å²) in [6.45, 7) is 0. The molecule has 2 aliphatic heterocycles. The van der Waals surface area contributed by atoms with Crippen molar-refractivity contribution in [3.8, 4) is 33.4 Å². The first-order valence-electron chi connectivity index (χ1n) is 16.2. The van der Waals surface area contributed by atoms with E-state index in [1.807, 2.05) is 0 Å². The number of nitrogens with zero attached hydrogens (tertiary/aromatic N) is 2. The molecule has 5 heterocycles. The molecule has 7 heteroatoms. The van der Waals surface area contributed by atoms with E-state index in [-0.39, 0.29) is 41.9 Å². The van der Waals surface area contributed by atoms with E-state index in [0.717, 1.165) is 89.4 Å². The zero-order valence-electron chi connectivity index (χ0n) is 27.2. The van der Waals surface area contributed by atoms with Crippen LogP contribution < -0.4 is 24.8 Å². The van der Waals surface area contributed by atoms with Gasteiger partial charge in [-0.25, -0.2) is 9.97 Å². The Morgan fingerprint density at radius 2 is 0.882 bits per heavy atom. The Hall–Kier alpha value is -5.42. The standard InChI is InChI=1S/C44H30N4.2ClH.Fe/c1-5-13-29(14-6-1)38-27-37-26-35-22-21-33(45-35)25-34-23-24-36(46-34)28-39-40(30-15-7-2-8-16-30)41(31-17-9-3-10-18-31)44(48-39)42(43(38)47-37)32-19-11-4-12-20-32;;;/h1-28,45,48H;2*1H;/q;;;+2/p-2. The average molecular weight is 742 g/mol. The summed E-state index contributed by atoms with van der Waals surface area (Å²) < 4.78 is 0. The maximum Gasteiger partial charge on any atom is 2.00 e. The Kier molecular flexibility index (Phi) is 10.6. The van der Waals surface area contributed by atoms with Gasteiger partial charge in [0.15, 0.2) is 0 Å². The number of aromatic nitrogens is 4. The van der Waals surface area contributed by atoms with Crippen LogP contribution in [0.4, 0.5) is 0 Å². The van der Waals surface area contributed by atoms with Crippen LogP contribution in [0.25, 0.3) is 79.2 Å². The Morgan fingerprint density at radius 1 is 0.412 bits per heavy atom. The van der Waals surface area contributed by atoms with Crippen LogP contribution in [0, 0.1) is 0 Å². The van der Waals surface area contributed by atoms with Crippen molar-refractivity contribution in [3.63, 3.8) is 0 Å². The van der Waals surface area contributed by atoms with Gasteiger partial charge in [-0.1, -0.05) is 121 Å². The molecule has 0 amide bonds. The molecule has 2 aliphatic rings. The van der Waals surface area contributed by atoms with E-state index in [2.05, 4.69) is 180 Å². The van der Waals surface area contributed by atoms with E-state index in [9.17, 15) is 0 Å². The van der Waals surface area contributed by atoms with Crippen molar-refractivity contribution in [2.24, 2.45) is 0 Å². The molecule has 0 unspecified atom stereocenters. The smallest absolute Gasteiger partial charge is 1.00 e. The molecule has 9 rings (SSSR count). The maximum absolute atomic E-state index is 5.42. The maximum atomic E-state index is 5.42. The molecule has 248 valence electrons. The SMILES string of the molecule is C1=Cc2cc3[nH]c(c(-c4ccccc4)c4nc(cc5ccc(cc1n2)[nH]5)C=C4c1ccccc1)c(-c1ccccc1)c3-c1ccccc1.[Cl-].[Cl-].[Fe+2]. The first-order chi connectivity index (χ1) is 23.8. The van der Waals surface area contributed by atoms with Gasteiger partial charge in [0.05, 0.1) is 28.3 Å². The van der Waals surface area contributed by atoms with Crippen molar-refractivity contribution < 1.29 is 41.9 Å². The van der Waals surface area contributed by atoms with Crippen molar-refractivity contribution in [1.29, 1.82) is 0 Å². The van der Waals surface area contributed by atoms with Crippen molar-refractivity contribution in [1.82, 2.24) is 19.9 Å². The Balaban J connectivity index is 0.00000149. The van der Waals surface area contributed by atoms with Crippen LogP contribution in [0.2, 0.25) is 0 Å². The second-order valence-electron chi connectivity index (χ2n) is 12.0. The Morgan fingerprint density at radius 3 is 1.45 bits per heavy atom. The fourth-order valence-corrected chi connectivity index (χ4v) is 6.78. The van der Waals surface area contributed by atoms with E-state index in [1.54, 1.807) is 0 Å². The monoisotopic (exact) mass is 740 g/mol. The second kappa shape index (κ2) is 15.2. The third-order valence-electron chi connectivity index (χ3n) is 8.89. The first-order valence-corrected chi connectivity index (χ1v) is 16.2. The number of nitrogens with one attached hydrogen (secondary N) is 2. The molecule has 51 heavy (non-hydrogen) atoms. The fourth-order valence-electron chi connectivity index (χ4n) is 6.78. The summed E-state index contributed by atoms with van der Waals surface area (Å²) in [7, 11) is 0. The topological polar surface area (TPSA) is 57.4 Å². The molecular formula is C44H30Cl2FeN4. The van der Waals surface area contributed by atoms with Crippen LogP contribution in [0.1, 0.15) is 28.3 Å². The number of aromatic amines is 2. The summed E-state index contributed by atoms with van der Waals surface area (Å²) in [5.74, 6) is 0. The number of rotatable bonds is 4. The van der Waals surface area contributed by atoms with Crippen molar-refractivity contribution >= 4 is 45.9 Å². The molecule has 4 nitrogen and oxygen atoms in total. The normalized spacial score (nSPS) is 11.5. The molecule has 8 bridgehead atoms. The minimum absolute atomic E-state index is 0. The molecule has 4 aromatic carbocycles. The number of benzene rings is 4. The zero-order chi connectivity index (χ0) is 31.9. The molecular weight excluding hydrogens is 711 g/mol. The van der Waals surface area contributed by atoms with Crippen LogP contribution in [-0.4, -0.2) is 19.9 Å². The van der Waals surface area contributed by atoms with Gasteiger partial charge in [0.25, 0.3) is 0 Å². The van der Waals surface area contributed by atoms with Crippen LogP contribution in [-0.2, 0) is 17.1 Å². The summed E-state index contributed by atoms with van der Waals surface area (Å²) >= 11 is 0. The third-order valence-corrected chi connectivity index (χ3v) is 8.89. The van der Waals surface area contributed by atoms with Crippen molar-refractivity contribution in [2.75, 3.05) is 0 Å². The summed E-state index contributed by atoms with van der Waals surface area (Å²) in [4.78, 5) is 17.9. The summed E-state index contributed by atoms with van der Waals surface area (Å²) in [6, 6.07) is 53.0. The van der Waals surface area contributed by atoms with E-state index < -0.39 is 0 Å². The van der Waals surface area contributed by atoms with Gasteiger partial charge in [0.1, 0.15) is 0 Å². The number of hydrogen-bond donors (Lipinski definition) is 2. The van der Waals surface area contributed by atoms with Gasteiger partial charge in [0, 0.05) is 38.8 Å².